The average molecular weight is 188 g/mol. The van der Waals surface area contributed by atoms with E-state index in [1.165, 1.54) is 4.57 Å². The third kappa shape index (κ3) is 1.88. The molecule has 7 heteroatoms. The summed E-state index contributed by atoms with van der Waals surface area (Å²) in [5.74, 6) is -0.643. The fourth-order valence-corrected chi connectivity index (χ4v) is 1.22. The van der Waals surface area contributed by atoms with E-state index in [4.69, 9.17) is 10.8 Å². The highest BCUT2D eigenvalue weighted by Gasteiger charge is 2.07. The van der Waals surface area contributed by atoms with E-state index in [-0.39, 0.29) is 11.7 Å². The van der Waals surface area contributed by atoms with Gasteiger partial charge in [0, 0.05) is 7.05 Å². The molecule has 1 aromatic heterocycles. The molecule has 0 amide bonds. The van der Waals surface area contributed by atoms with Crippen molar-refractivity contribution in [2.75, 3.05) is 11.5 Å². The third-order valence-corrected chi connectivity index (χ3v) is 2.20. The van der Waals surface area contributed by atoms with Crippen LogP contribution in [0.1, 0.15) is 0 Å². The van der Waals surface area contributed by atoms with Crippen molar-refractivity contribution in [1.29, 1.82) is 0 Å². The summed E-state index contributed by atoms with van der Waals surface area (Å²) in [6.07, 6.45) is 0. The van der Waals surface area contributed by atoms with E-state index in [9.17, 15) is 4.79 Å². The summed E-state index contributed by atoms with van der Waals surface area (Å²) in [4.78, 5) is 10.2. The molecule has 1 rings (SSSR count). The number of thioether (sulfide) groups is 1. The Hall–Kier alpha value is -1.24. The predicted octanol–water partition coefficient (Wildman–Crippen LogP) is -0.426. The number of hydrogen-bond acceptors (Lipinski definition) is 5. The van der Waals surface area contributed by atoms with Crippen molar-refractivity contribution in [3.8, 4) is 0 Å². The molecule has 0 atom stereocenters. The van der Waals surface area contributed by atoms with Crippen LogP contribution in [-0.2, 0) is 11.8 Å². The zero-order valence-electron chi connectivity index (χ0n) is 6.39. The van der Waals surface area contributed by atoms with Crippen LogP contribution >= 0.6 is 11.8 Å². The molecule has 0 spiro atoms. The fraction of sp³-hybridized carbons (Fsp3) is 0.400. The molecule has 0 unspecified atom stereocenters. The maximum Gasteiger partial charge on any atom is 0.313 e. The Kier molecular flexibility index (Phi) is 2.54. The van der Waals surface area contributed by atoms with Gasteiger partial charge in [0.25, 0.3) is 0 Å². The molecule has 0 fully saturated rings. The maximum absolute atomic E-state index is 10.2. The molecule has 1 heterocycles. The number of carbonyl (C=O) groups is 1. The standard InChI is InChI=1S/C5H8N4O2S/c1-9-4(6)7-8-5(9)12-2-3(10)11/h2H2,1H3,(H2,6,7)(H,10,11). The zero-order chi connectivity index (χ0) is 9.14. The number of aromatic nitrogens is 3. The molecule has 0 saturated carbocycles. The first kappa shape index (κ1) is 8.85. The first-order valence-corrected chi connectivity index (χ1v) is 4.09. The largest absolute Gasteiger partial charge is 0.481 e. The monoisotopic (exact) mass is 188 g/mol. The highest BCUT2D eigenvalue weighted by molar-refractivity contribution is 7.99. The Labute approximate surface area is 72.8 Å². The van der Waals surface area contributed by atoms with Crippen LogP contribution in [0.2, 0.25) is 0 Å². The van der Waals surface area contributed by atoms with Crippen LogP contribution in [0.5, 0.6) is 0 Å². The van der Waals surface area contributed by atoms with E-state index in [1.54, 1.807) is 7.05 Å². The second-order valence-corrected chi connectivity index (χ2v) is 3.02. The van der Waals surface area contributed by atoms with Gasteiger partial charge in [-0.15, -0.1) is 10.2 Å². The van der Waals surface area contributed by atoms with Crippen LogP contribution < -0.4 is 5.73 Å². The number of nitrogens with zero attached hydrogens (tertiary/aromatic N) is 3. The molecule has 0 aliphatic heterocycles. The number of nitrogen functional groups attached to an aromatic ring is 1. The number of aliphatic carboxylic acids is 1. The SMILES string of the molecule is Cn1c(N)nnc1SCC(=O)O. The lowest BCUT2D eigenvalue weighted by molar-refractivity contribution is -0.133. The number of hydrogen-bond donors (Lipinski definition) is 2. The number of carboxylic acid groups (broad SMARTS) is 1. The molecule has 0 radical (unpaired) electrons. The van der Waals surface area contributed by atoms with Crippen molar-refractivity contribution >= 4 is 23.7 Å². The molecule has 0 aromatic carbocycles. The quantitative estimate of drug-likeness (QED) is 0.625. The molecular formula is C5H8N4O2S. The summed E-state index contributed by atoms with van der Waals surface area (Å²) in [5.41, 5.74) is 5.38. The van der Waals surface area contributed by atoms with Gasteiger partial charge in [-0.05, 0) is 0 Å². The molecular weight excluding hydrogens is 180 g/mol. The molecule has 3 N–H and O–H groups in total. The topological polar surface area (TPSA) is 94.0 Å². The molecule has 6 nitrogen and oxygen atoms in total. The number of anilines is 1. The Morgan fingerprint density at radius 2 is 2.42 bits per heavy atom. The van der Waals surface area contributed by atoms with Crippen LogP contribution in [0, 0.1) is 0 Å². The van der Waals surface area contributed by atoms with Crippen LogP contribution in [0.3, 0.4) is 0 Å². The van der Waals surface area contributed by atoms with Gasteiger partial charge in [-0.3, -0.25) is 9.36 Å². The second kappa shape index (κ2) is 3.44. The van der Waals surface area contributed by atoms with Crippen molar-refractivity contribution in [2.45, 2.75) is 5.16 Å². The van der Waals surface area contributed by atoms with Crippen LogP contribution in [0.4, 0.5) is 5.95 Å². The molecule has 0 aliphatic carbocycles. The lowest BCUT2D eigenvalue weighted by Crippen LogP contribution is -2.01. The second-order valence-electron chi connectivity index (χ2n) is 2.08. The van der Waals surface area contributed by atoms with Crippen molar-refractivity contribution < 1.29 is 9.90 Å². The summed E-state index contributed by atoms with van der Waals surface area (Å²) < 4.78 is 1.54. The van der Waals surface area contributed by atoms with Crippen molar-refractivity contribution in [3.05, 3.63) is 0 Å². The minimum atomic E-state index is -0.887. The van der Waals surface area contributed by atoms with Crippen LogP contribution in [0.15, 0.2) is 5.16 Å². The minimum absolute atomic E-state index is 0.0357. The van der Waals surface area contributed by atoms with Gasteiger partial charge < -0.3 is 10.8 Å². The summed E-state index contributed by atoms with van der Waals surface area (Å²) in [6, 6.07) is 0. The number of nitrogens with two attached hydrogens (primary N) is 1. The zero-order valence-corrected chi connectivity index (χ0v) is 7.21. The van der Waals surface area contributed by atoms with E-state index >= 15 is 0 Å². The molecule has 0 bridgehead atoms. The van der Waals surface area contributed by atoms with E-state index in [1.807, 2.05) is 0 Å². The lowest BCUT2D eigenvalue weighted by atomic mass is 10.8. The summed E-state index contributed by atoms with van der Waals surface area (Å²) in [6.45, 7) is 0. The molecule has 1 aromatic rings. The van der Waals surface area contributed by atoms with Gasteiger partial charge in [-0.2, -0.15) is 0 Å². The summed E-state index contributed by atoms with van der Waals surface area (Å²) in [5, 5.41) is 16.1. The Morgan fingerprint density at radius 1 is 1.75 bits per heavy atom. The predicted molar refractivity (Wildman–Crippen MR) is 43.8 cm³/mol. The van der Waals surface area contributed by atoms with Gasteiger partial charge in [0.1, 0.15) is 0 Å². The molecule has 0 aliphatic rings. The number of carboxylic acids is 1. The Morgan fingerprint density at radius 3 is 2.83 bits per heavy atom. The smallest absolute Gasteiger partial charge is 0.313 e. The van der Waals surface area contributed by atoms with Gasteiger partial charge in [0.2, 0.25) is 5.95 Å². The molecule has 66 valence electrons. The normalized spacial score (nSPS) is 10.1. The lowest BCUT2D eigenvalue weighted by Gasteiger charge is -1.97. The number of rotatable bonds is 3. The first-order valence-electron chi connectivity index (χ1n) is 3.10. The van der Waals surface area contributed by atoms with E-state index in [2.05, 4.69) is 10.2 Å². The minimum Gasteiger partial charge on any atom is -0.481 e. The Bertz CT molecular complexity index is 298. The van der Waals surface area contributed by atoms with E-state index in [0.29, 0.717) is 5.16 Å². The summed E-state index contributed by atoms with van der Waals surface area (Å²) >= 11 is 1.09. The van der Waals surface area contributed by atoms with Crippen molar-refractivity contribution in [3.63, 3.8) is 0 Å². The summed E-state index contributed by atoms with van der Waals surface area (Å²) in [7, 11) is 1.68. The van der Waals surface area contributed by atoms with Crippen molar-refractivity contribution in [1.82, 2.24) is 14.8 Å². The first-order chi connectivity index (χ1) is 5.61. The molecule has 0 saturated heterocycles. The fourth-order valence-electron chi connectivity index (χ4n) is 0.578. The van der Waals surface area contributed by atoms with Crippen LogP contribution in [-0.4, -0.2) is 31.6 Å². The third-order valence-electron chi connectivity index (χ3n) is 1.19. The van der Waals surface area contributed by atoms with Gasteiger partial charge in [-0.25, -0.2) is 0 Å². The van der Waals surface area contributed by atoms with Gasteiger partial charge in [0.15, 0.2) is 5.16 Å². The van der Waals surface area contributed by atoms with Gasteiger partial charge in [0.05, 0.1) is 5.75 Å². The van der Waals surface area contributed by atoms with Gasteiger partial charge in [-0.1, -0.05) is 11.8 Å². The highest BCUT2D eigenvalue weighted by Crippen LogP contribution is 2.15. The maximum atomic E-state index is 10.2. The average Bonchev–Trinajstić information content (AvgIpc) is 2.30. The van der Waals surface area contributed by atoms with E-state index < -0.39 is 5.97 Å². The van der Waals surface area contributed by atoms with E-state index in [0.717, 1.165) is 11.8 Å². The molecule has 12 heavy (non-hydrogen) atoms. The van der Waals surface area contributed by atoms with Gasteiger partial charge >= 0.3 is 5.97 Å². The highest BCUT2D eigenvalue weighted by atomic mass is 32.2. The van der Waals surface area contributed by atoms with Crippen LogP contribution in [0.25, 0.3) is 0 Å². The van der Waals surface area contributed by atoms with Crippen molar-refractivity contribution in [2.24, 2.45) is 7.05 Å². The Balaban J connectivity index is 2.63.